The van der Waals surface area contributed by atoms with Crippen LogP contribution in [-0.2, 0) is 11.3 Å². The second kappa shape index (κ2) is 5.38. The van der Waals surface area contributed by atoms with Gasteiger partial charge in [0.1, 0.15) is 0 Å². The number of carbonyl (C=O) groups is 1. The number of para-hydroxylation sites is 1. The number of halogens is 1. The van der Waals surface area contributed by atoms with E-state index >= 15 is 0 Å². The van der Waals surface area contributed by atoms with E-state index in [-0.39, 0.29) is 11.9 Å². The van der Waals surface area contributed by atoms with Crippen molar-refractivity contribution in [2.75, 3.05) is 4.90 Å². The SMILES string of the molecule is CC1NCc2ccccc2N(c2cccc(Br)c2)C1=O. The molecular weight excluding hydrogens is 316 g/mol. The van der Waals surface area contributed by atoms with Crippen molar-refractivity contribution in [3.8, 4) is 0 Å². The molecule has 1 heterocycles. The van der Waals surface area contributed by atoms with Gasteiger partial charge in [-0.25, -0.2) is 0 Å². The quantitative estimate of drug-likeness (QED) is 0.866. The van der Waals surface area contributed by atoms with Crippen molar-refractivity contribution in [3.05, 3.63) is 58.6 Å². The lowest BCUT2D eigenvalue weighted by atomic mass is 10.1. The molecule has 1 atom stereocenters. The van der Waals surface area contributed by atoms with Crippen LogP contribution in [0.3, 0.4) is 0 Å². The molecule has 2 aromatic rings. The standard InChI is InChI=1S/C16H15BrN2O/c1-11-16(20)19(14-7-4-6-13(17)9-14)15-8-3-2-5-12(15)10-18-11/h2-9,11,18H,10H2,1H3. The van der Waals surface area contributed by atoms with Gasteiger partial charge in [-0.15, -0.1) is 0 Å². The van der Waals surface area contributed by atoms with E-state index in [0.29, 0.717) is 6.54 Å². The molecule has 1 amide bonds. The predicted molar refractivity (Wildman–Crippen MR) is 84.0 cm³/mol. The maximum absolute atomic E-state index is 12.7. The molecule has 0 spiro atoms. The van der Waals surface area contributed by atoms with Gasteiger partial charge >= 0.3 is 0 Å². The molecule has 1 aliphatic heterocycles. The number of fused-ring (bicyclic) bond motifs is 1. The van der Waals surface area contributed by atoms with Crippen LogP contribution in [0.2, 0.25) is 0 Å². The van der Waals surface area contributed by atoms with Crippen molar-refractivity contribution in [2.45, 2.75) is 19.5 Å². The van der Waals surface area contributed by atoms with Gasteiger partial charge in [0.25, 0.3) is 0 Å². The fourth-order valence-corrected chi connectivity index (χ4v) is 2.81. The van der Waals surface area contributed by atoms with Crippen LogP contribution in [0.5, 0.6) is 0 Å². The zero-order chi connectivity index (χ0) is 14.1. The number of anilines is 2. The zero-order valence-corrected chi connectivity index (χ0v) is 12.7. The summed E-state index contributed by atoms with van der Waals surface area (Å²) in [5.41, 5.74) is 2.96. The second-order valence-electron chi connectivity index (χ2n) is 4.88. The Bertz CT molecular complexity index is 656. The maximum Gasteiger partial charge on any atom is 0.248 e. The van der Waals surface area contributed by atoms with Crippen molar-refractivity contribution >= 4 is 33.2 Å². The Labute approximate surface area is 126 Å². The molecule has 3 rings (SSSR count). The number of hydrogen-bond donors (Lipinski definition) is 1. The molecule has 4 heteroatoms. The summed E-state index contributed by atoms with van der Waals surface area (Å²) in [6.07, 6.45) is 0. The molecule has 0 saturated carbocycles. The van der Waals surface area contributed by atoms with Gasteiger partial charge in [-0.05, 0) is 36.8 Å². The van der Waals surface area contributed by atoms with Crippen molar-refractivity contribution < 1.29 is 4.79 Å². The second-order valence-corrected chi connectivity index (χ2v) is 5.80. The molecule has 0 saturated heterocycles. The number of benzene rings is 2. The summed E-state index contributed by atoms with van der Waals surface area (Å²) in [6, 6.07) is 15.6. The van der Waals surface area contributed by atoms with Crippen molar-refractivity contribution in [1.29, 1.82) is 0 Å². The molecule has 1 unspecified atom stereocenters. The predicted octanol–water partition coefficient (Wildman–Crippen LogP) is 3.61. The normalized spacial score (nSPS) is 18.6. The lowest BCUT2D eigenvalue weighted by Crippen LogP contribution is -2.39. The van der Waals surface area contributed by atoms with Crippen LogP contribution in [0.25, 0.3) is 0 Å². The van der Waals surface area contributed by atoms with Gasteiger partial charge in [0.15, 0.2) is 0 Å². The minimum Gasteiger partial charge on any atom is -0.302 e. The summed E-state index contributed by atoms with van der Waals surface area (Å²) in [5.74, 6) is 0.0630. The first-order chi connectivity index (χ1) is 9.66. The number of nitrogens with zero attached hydrogens (tertiary/aromatic N) is 1. The number of nitrogens with one attached hydrogen (secondary N) is 1. The maximum atomic E-state index is 12.7. The first kappa shape index (κ1) is 13.3. The molecular formula is C16H15BrN2O. The Morgan fingerprint density at radius 2 is 2.00 bits per heavy atom. The average molecular weight is 331 g/mol. The molecule has 0 bridgehead atoms. The van der Waals surface area contributed by atoms with Crippen molar-refractivity contribution in [1.82, 2.24) is 5.32 Å². The summed E-state index contributed by atoms with van der Waals surface area (Å²) < 4.78 is 0.963. The molecule has 0 aromatic heterocycles. The number of hydrogen-bond acceptors (Lipinski definition) is 2. The summed E-state index contributed by atoms with van der Waals surface area (Å²) >= 11 is 3.47. The highest BCUT2D eigenvalue weighted by Crippen LogP contribution is 2.32. The largest absolute Gasteiger partial charge is 0.302 e. The van der Waals surface area contributed by atoms with Gasteiger partial charge in [0.2, 0.25) is 5.91 Å². The fourth-order valence-electron chi connectivity index (χ4n) is 2.42. The third kappa shape index (κ3) is 2.37. The lowest BCUT2D eigenvalue weighted by molar-refractivity contribution is -0.119. The van der Waals surface area contributed by atoms with E-state index in [0.717, 1.165) is 21.4 Å². The zero-order valence-electron chi connectivity index (χ0n) is 11.1. The highest BCUT2D eigenvalue weighted by atomic mass is 79.9. The third-order valence-corrected chi connectivity index (χ3v) is 3.98. The topological polar surface area (TPSA) is 32.3 Å². The van der Waals surface area contributed by atoms with Crippen LogP contribution < -0.4 is 10.2 Å². The van der Waals surface area contributed by atoms with Crippen molar-refractivity contribution in [3.63, 3.8) is 0 Å². The van der Waals surface area contributed by atoms with E-state index in [4.69, 9.17) is 0 Å². The first-order valence-corrected chi connectivity index (χ1v) is 7.37. The lowest BCUT2D eigenvalue weighted by Gasteiger charge is -2.24. The number of amides is 1. The van der Waals surface area contributed by atoms with E-state index in [1.165, 1.54) is 0 Å². The first-order valence-electron chi connectivity index (χ1n) is 6.57. The third-order valence-electron chi connectivity index (χ3n) is 3.49. The molecule has 3 nitrogen and oxygen atoms in total. The van der Waals surface area contributed by atoms with E-state index in [1.54, 1.807) is 4.90 Å². The Morgan fingerprint density at radius 3 is 2.80 bits per heavy atom. The fraction of sp³-hybridized carbons (Fsp3) is 0.188. The molecule has 0 aliphatic carbocycles. The van der Waals surface area contributed by atoms with Crippen LogP contribution in [0.15, 0.2) is 53.0 Å². The van der Waals surface area contributed by atoms with Crippen LogP contribution in [0, 0.1) is 0 Å². The minimum atomic E-state index is -0.207. The van der Waals surface area contributed by atoms with E-state index in [9.17, 15) is 4.79 Å². The van der Waals surface area contributed by atoms with Gasteiger partial charge in [0, 0.05) is 11.0 Å². The van der Waals surface area contributed by atoms with Crippen LogP contribution in [0.4, 0.5) is 11.4 Å². The van der Waals surface area contributed by atoms with Gasteiger partial charge in [-0.2, -0.15) is 0 Å². The highest BCUT2D eigenvalue weighted by Gasteiger charge is 2.28. The molecule has 20 heavy (non-hydrogen) atoms. The van der Waals surface area contributed by atoms with E-state index < -0.39 is 0 Å². The Hall–Kier alpha value is -1.65. The van der Waals surface area contributed by atoms with Crippen LogP contribution >= 0.6 is 15.9 Å². The van der Waals surface area contributed by atoms with Gasteiger partial charge < -0.3 is 5.32 Å². The Balaban J connectivity index is 2.17. The smallest absolute Gasteiger partial charge is 0.248 e. The Kier molecular flexibility index (Phi) is 3.59. The van der Waals surface area contributed by atoms with E-state index in [1.807, 2.05) is 49.4 Å². The van der Waals surface area contributed by atoms with Crippen LogP contribution in [-0.4, -0.2) is 11.9 Å². The molecule has 1 aliphatic rings. The molecule has 102 valence electrons. The van der Waals surface area contributed by atoms with Gasteiger partial charge in [-0.1, -0.05) is 40.2 Å². The minimum absolute atomic E-state index is 0.0630. The summed E-state index contributed by atoms with van der Waals surface area (Å²) in [4.78, 5) is 14.5. The Morgan fingerprint density at radius 1 is 1.20 bits per heavy atom. The monoisotopic (exact) mass is 330 g/mol. The number of carbonyl (C=O) groups excluding carboxylic acids is 1. The highest BCUT2D eigenvalue weighted by molar-refractivity contribution is 9.10. The van der Waals surface area contributed by atoms with Gasteiger partial charge in [-0.3, -0.25) is 9.69 Å². The molecule has 0 radical (unpaired) electrons. The average Bonchev–Trinajstić information content (AvgIpc) is 2.57. The number of rotatable bonds is 1. The molecule has 2 aromatic carbocycles. The van der Waals surface area contributed by atoms with E-state index in [2.05, 4.69) is 27.3 Å². The summed E-state index contributed by atoms with van der Waals surface area (Å²) in [5, 5.41) is 3.26. The van der Waals surface area contributed by atoms with Crippen LogP contribution in [0.1, 0.15) is 12.5 Å². The molecule has 0 fully saturated rings. The summed E-state index contributed by atoms with van der Waals surface area (Å²) in [7, 11) is 0. The van der Waals surface area contributed by atoms with Gasteiger partial charge in [0.05, 0.1) is 17.4 Å². The van der Waals surface area contributed by atoms with Crippen molar-refractivity contribution in [2.24, 2.45) is 0 Å². The molecule has 1 N–H and O–H groups in total. The summed E-state index contributed by atoms with van der Waals surface area (Å²) in [6.45, 7) is 2.60.